The summed E-state index contributed by atoms with van der Waals surface area (Å²) in [5, 5.41) is 4.16. The van der Waals surface area contributed by atoms with Gasteiger partial charge in [-0.25, -0.2) is 9.97 Å². The van der Waals surface area contributed by atoms with E-state index in [1.165, 1.54) is 23.1 Å². The smallest absolute Gasteiger partial charge is 0.236 e. The number of anilines is 1. The van der Waals surface area contributed by atoms with Crippen molar-refractivity contribution in [3.63, 3.8) is 0 Å². The van der Waals surface area contributed by atoms with Crippen molar-refractivity contribution in [2.75, 3.05) is 17.7 Å². The summed E-state index contributed by atoms with van der Waals surface area (Å²) < 4.78 is 6.54. The highest BCUT2D eigenvalue weighted by atomic mass is 32.2. The van der Waals surface area contributed by atoms with E-state index < -0.39 is 0 Å². The van der Waals surface area contributed by atoms with Crippen LogP contribution in [0.5, 0.6) is 5.75 Å². The van der Waals surface area contributed by atoms with Crippen LogP contribution in [0.2, 0.25) is 0 Å². The first-order valence-electron chi connectivity index (χ1n) is 8.12. The minimum Gasteiger partial charge on any atom is -0.494 e. The fraction of sp³-hybridized carbons (Fsp3) is 0.167. The number of aromatic amines is 1. The third-order valence-corrected chi connectivity index (χ3v) is 5.45. The molecule has 26 heavy (non-hydrogen) atoms. The summed E-state index contributed by atoms with van der Waals surface area (Å²) in [4.78, 5) is 24.3. The number of ether oxygens (including phenoxy) is 1. The monoisotopic (exact) mass is 384 g/mol. The number of carbonyl (C=O) groups is 1. The number of benzene rings is 2. The number of amides is 1. The van der Waals surface area contributed by atoms with Gasteiger partial charge in [-0.2, -0.15) is 0 Å². The molecule has 4 rings (SSSR count). The van der Waals surface area contributed by atoms with Gasteiger partial charge >= 0.3 is 0 Å². The molecule has 0 fully saturated rings. The van der Waals surface area contributed by atoms with E-state index >= 15 is 0 Å². The molecule has 6 nitrogen and oxygen atoms in total. The van der Waals surface area contributed by atoms with E-state index in [-0.39, 0.29) is 11.7 Å². The molecule has 1 amide bonds. The maximum Gasteiger partial charge on any atom is 0.236 e. The van der Waals surface area contributed by atoms with E-state index in [2.05, 4.69) is 20.3 Å². The van der Waals surface area contributed by atoms with Crippen LogP contribution in [0.25, 0.3) is 21.3 Å². The second-order valence-electron chi connectivity index (χ2n) is 5.48. The molecular formula is C18H16N4O2S2. The first kappa shape index (κ1) is 16.9. The Labute approximate surface area is 158 Å². The van der Waals surface area contributed by atoms with Crippen molar-refractivity contribution in [1.29, 1.82) is 0 Å². The van der Waals surface area contributed by atoms with Crippen LogP contribution >= 0.6 is 23.1 Å². The summed E-state index contributed by atoms with van der Waals surface area (Å²) in [6.07, 6.45) is 0. The van der Waals surface area contributed by atoms with E-state index in [1.807, 2.05) is 49.4 Å². The molecule has 8 heteroatoms. The fourth-order valence-electron chi connectivity index (χ4n) is 2.51. The van der Waals surface area contributed by atoms with E-state index in [9.17, 15) is 4.79 Å². The molecule has 2 heterocycles. The zero-order chi connectivity index (χ0) is 17.9. The van der Waals surface area contributed by atoms with Crippen LogP contribution in [-0.2, 0) is 4.79 Å². The lowest BCUT2D eigenvalue weighted by Gasteiger charge is -2.00. The minimum absolute atomic E-state index is 0.107. The average Bonchev–Trinajstić information content (AvgIpc) is 3.22. The summed E-state index contributed by atoms with van der Waals surface area (Å²) >= 11 is 2.82. The quantitative estimate of drug-likeness (QED) is 0.485. The maximum atomic E-state index is 12.2. The lowest BCUT2D eigenvalue weighted by molar-refractivity contribution is -0.113. The summed E-state index contributed by atoms with van der Waals surface area (Å²) in [7, 11) is 0. The second kappa shape index (κ2) is 7.35. The van der Waals surface area contributed by atoms with Crippen molar-refractivity contribution in [3.05, 3.63) is 42.5 Å². The number of fused-ring (bicyclic) bond motifs is 2. The van der Waals surface area contributed by atoms with Crippen molar-refractivity contribution in [2.24, 2.45) is 0 Å². The van der Waals surface area contributed by atoms with Gasteiger partial charge in [0, 0.05) is 6.07 Å². The van der Waals surface area contributed by atoms with E-state index in [4.69, 9.17) is 4.74 Å². The molecule has 132 valence electrons. The molecule has 0 saturated carbocycles. The number of thiazole rings is 1. The van der Waals surface area contributed by atoms with Crippen molar-refractivity contribution in [1.82, 2.24) is 15.0 Å². The number of rotatable bonds is 6. The molecule has 0 saturated heterocycles. The molecule has 2 N–H and O–H groups in total. The first-order valence-corrected chi connectivity index (χ1v) is 9.92. The van der Waals surface area contributed by atoms with Crippen LogP contribution in [0, 0.1) is 0 Å². The zero-order valence-corrected chi connectivity index (χ0v) is 15.6. The summed E-state index contributed by atoms with van der Waals surface area (Å²) in [6.45, 7) is 2.57. The van der Waals surface area contributed by atoms with E-state index in [0.29, 0.717) is 16.9 Å². The van der Waals surface area contributed by atoms with Gasteiger partial charge in [0.1, 0.15) is 5.75 Å². The number of nitrogens with zero attached hydrogens (tertiary/aromatic N) is 2. The largest absolute Gasteiger partial charge is 0.494 e. The minimum atomic E-state index is -0.107. The van der Waals surface area contributed by atoms with Gasteiger partial charge in [-0.1, -0.05) is 35.2 Å². The molecule has 4 aromatic rings. The highest BCUT2D eigenvalue weighted by Crippen LogP contribution is 2.26. The molecular weight excluding hydrogens is 368 g/mol. The predicted octanol–water partition coefficient (Wildman–Crippen LogP) is 4.30. The SMILES string of the molecule is CCOc1ccc2nc(SCC(=O)Nc3nc4ccccc4s3)[nH]c2c1. The Bertz CT molecular complexity index is 1040. The summed E-state index contributed by atoms with van der Waals surface area (Å²) in [5.74, 6) is 0.951. The average molecular weight is 384 g/mol. The van der Waals surface area contributed by atoms with E-state index in [0.717, 1.165) is 27.0 Å². The summed E-state index contributed by atoms with van der Waals surface area (Å²) in [6, 6.07) is 13.5. The number of hydrogen-bond donors (Lipinski definition) is 2. The Balaban J connectivity index is 1.39. The van der Waals surface area contributed by atoms with Gasteiger partial charge in [-0.3, -0.25) is 4.79 Å². The number of carbonyl (C=O) groups excluding carboxylic acids is 1. The van der Waals surface area contributed by atoms with Gasteiger partial charge in [-0.15, -0.1) is 0 Å². The summed E-state index contributed by atoms with van der Waals surface area (Å²) in [5.41, 5.74) is 2.63. The third-order valence-electron chi connectivity index (χ3n) is 3.62. The number of thioether (sulfide) groups is 1. The molecule has 0 unspecified atom stereocenters. The Morgan fingerprint density at radius 1 is 1.23 bits per heavy atom. The van der Waals surface area contributed by atoms with Crippen LogP contribution < -0.4 is 10.1 Å². The molecule has 0 aliphatic heterocycles. The highest BCUT2D eigenvalue weighted by molar-refractivity contribution is 7.99. The number of aromatic nitrogens is 3. The number of nitrogens with one attached hydrogen (secondary N) is 2. The van der Waals surface area contributed by atoms with Crippen LogP contribution in [0.15, 0.2) is 47.6 Å². The van der Waals surface area contributed by atoms with Gasteiger partial charge in [0.2, 0.25) is 5.91 Å². The molecule has 2 aromatic heterocycles. The van der Waals surface area contributed by atoms with E-state index in [1.54, 1.807) is 0 Å². The molecule has 0 aliphatic carbocycles. The molecule has 2 aromatic carbocycles. The van der Waals surface area contributed by atoms with Crippen LogP contribution in [0.1, 0.15) is 6.92 Å². The predicted molar refractivity (Wildman–Crippen MR) is 106 cm³/mol. The van der Waals surface area contributed by atoms with Crippen molar-refractivity contribution in [2.45, 2.75) is 12.1 Å². The molecule has 0 radical (unpaired) electrons. The number of imidazole rings is 1. The lowest BCUT2D eigenvalue weighted by Crippen LogP contribution is -2.13. The Hall–Kier alpha value is -2.58. The van der Waals surface area contributed by atoms with Gasteiger partial charge in [0.25, 0.3) is 0 Å². The van der Waals surface area contributed by atoms with Crippen molar-refractivity contribution >= 4 is 55.4 Å². The number of para-hydroxylation sites is 1. The maximum absolute atomic E-state index is 12.2. The van der Waals surface area contributed by atoms with Gasteiger partial charge < -0.3 is 15.0 Å². The molecule has 0 spiro atoms. The fourth-order valence-corrected chi connectivity index (χ4v) is 4.07. The molecule has 0 atom stereocenters. The third kappa shape index (κ3) is 3.66. The Morgan fingerprint density at radius 2 is 2.12 bits per heavy atom. The van der Waals surface area contributed by atoms with Gasteiger partial charge in [-0.05, 0) is 31.2 Å². The normalized spacial score (nSPS) is 11.1. The Kier molecular flexibility index (Phi) is 4.77. The Morgan fingerprint density at radius 3 is 2.96 bits per heavy atom. The molecule has 0 aliphatic rings. The van der Waals surface area contributed by atoms with Crippen LogP contribution in [-0.4, -0.2) is 33.2 Å². The highest BCUT2D eigenvalue weighted by Gasteiger charge is 2.10. The lowest BCUT2D eigenvalue weighted by atomic mass is 10.3. The van der Waals surface area contributed by atoms with Gasteiger partial charge in [0.15, 0.2) is 10.3 Å². The zero-order valence-electron chi connectivity index (χ0n) is 14.0. The number of hydrogen-bond acceptors (Lipinski definition) is 6. The topological polar surface area (TPSA) is 79.9 Å². The van der Waals surface area contributed by atoms with Crippen LogP contribution in [0.4, 0.5) is 5.13 Å². The van der Waals surface area contributed by atoms with Gasteiger partial charge in [0.05, 0.1) is 33.6 Å². The first-order chi connectivity index (χ1) is 12.7. The second-order valence-corrected chi connectivity index (χ2v) is 7.47. The number of H-pyrrole nitrogens is 1. The van der Waals surface area contributed by atoms with Crippen molar-refractivity contribution < 1.29 is 9.53 Å². The van der Waals surface area contributed by atoms with Crippen molar-refractivity contribution in [3.8, 4) is 5.75 Å². The standard InChI is InChI=1S/C18H16N4O2S2/c1-2-24-11-7-8-12-14(9-11)21-17(19-12)25-10-16(23)22-18-20-13-5-3-4-6-15(13)26-18/h3-9H,2,10H2,1H3,(H,19,21)(H,20,22,23). The van der Waals surface area contributed by atoms with Crippen LogP contribution in [0.3, 0.4) is 0 Å². The molecule has 0 bridgehead atoms.